The van der Waals surface area contributed by atoms with Gasteiger partial charge in [0.2, 0.25) is 0 Å². The first-order chi connectivity index (χ1) is 6.59. The minimum absolute atomic E-state index is 0.115. The van der Waals surface area contributed by atoms with Crippen LogP contribution in [0, 0.1) is 0 Å². The second kappa shape index (κ2) is 5.05. The van der Waals surface area contributed by atoms with Crippen molar-refractivity contribution in [3.8, 4) is 5.75 Å². The number of hydrogen-bond acceptors (Lipinski definition) is 3. The molecule has 0 aliphatic carbocycles. The molecule has 3 heteroatoms. The Hall–Kier alpha value is -0.960. The average molecular weight is 210 g/mol. The molecule has 14 heavy (non-hydrogen) atoms. The van der Waals surface area contributed by atoms with Crippen LogP contribution in [-0.4, -0.2) is 21.9 Å². The van der Waals surface area contributed by atoms with Gasteiger partial charge in [0.1, 0.15) is 5.75 Å². The molecule has 0 saturated carbocycles. The Balaban J connectivity index is 2.57. The Kier molecular flexibility index (Phi) is 4.01. The number of carbonyl (C=O) groups is 1. The molecule has 0 spiro atoms. The largest absolute Gasteiger partial charge is 0.508 e. The number of thioether (sulfide) groups is 1. The van der Waals surface area contributed by atoms with Gasteiger partial charge in [-0.1, -0.05) is 13.8 Å². The molecular weight excluding hydrogens is 196 g/mol. The van der Waals surface area contributed by atoms with Gasteiger partial charge in [-0.2, -0.15) is 11.8 Å². The molecule has 0 aliphatic rings. The summed E-state index contributed by atoms with van der Waals surface area (Å²) in [5.74, 6) is 0.810. The van der Waals surface area contributed by atoms with Crippen molar-refractivity contribution in [1.82, 2.24) is 0 Å². The van der Waals surface area contributed by atoms with E-state index in [2.05, 4.69) is 13.8 Å². The Bertz CT molecular complexity index is 304. The second-order valence-corrected chi connectivity index (χ2v) is 4.89. The molecule has 0 heterocycles. The van der Waals surface area contributed by atoms with E-state index >= 15 is 0 Å². The van der Waals surface area contributed by atoms with Crippen molar-refractivity contribution >= 4 is 17.5 Å². The van der Waals surface area contributed by atoms with Crippen LogP contribution in [0.1, 0.15) is 24.2 Å². The van der Waals surface area contributed by atoms with E-state index in [0.717, 1.165) is 0 Å². The molecule has 0 saturated heterocycles. The van der Waals surface area contributed by atoms with Crippen LogP contribution >= 0.6 is 11.8 Å². The zero-order valence-electron chi connectivity index (χ0n) is 8.36. The molecule has 0 atom stereocenters. The van der Waals surface area contributed by atoms with Crippen LogP contribution in [0.2, 0.25) is 0 Å². The van der Waals surface area contributed by atoms with Gasteiger partial charge in [0.15, 0.2) is 5.78 Å². The summed E-state index contributed by atoms with van der Waals surface area (Å²) in [7, 11) is 0. The van der Waals surface area contributed by atoms with E-state index in [0.29, 0.717) is 16.6 Å². The molecule has 1 rings (SSSR count). The Morgan fingerprint density at radius 2 is 1.93 bits per heavy atom. The third-order valence-corrected chi connectivity index (χ3v) is 2.83. The van der Waals surface area contributed by atoms with Gasteiger partial charge in [-0.3, -0.25) is 4.79 Å². The second-order valence-electron chi connectivity index (χ2n) is 3.33. The number of benzene rings is 1. The van der Waals surface area contributed by atoms with Crippen molar-refractivity contribution in [2.75, 3.05) is 5.75 Å². The van der Waals surface area contributed by atoms with E-state index in [1.165, 1.54) is 12.1 Å². The number of carbonyl (C=O) groups excluding carboxylic acids is 1. The highest BCUT2D eigenvalue weighted by molar-refractivity contribution is 8.00. The van der Waals surface area contributed by atoms with Crippen molar-refractivity contribution in [1.29, 1.82) is 0 Å². The normalized spacial score (nSPS) is 10.5. The monoisotopic (exact) mass is 210 g/mol. The summed E-state index contributed by atoms with van der Waals surface area (Å²) in [6, 6.07) is 6.37. The van der Waals surface area contributed by atoms with Gasteiger partial charge >= 0.3 is 0 Å². The van der Waals surface area contributed by atoms with Crippen molar-refractivity contribution in [2.24, 2.45) is 0 Å². The molecule has 1 aromatic rings. The number of ketones is 1. The molecule has 76 valence electrons. The fourth-order valence-electron chi connectivity index (χ4n) is 0.973. The van der Waals surface area contributed by atoms with Crippen molar-refractivity contribution < 1.29 is 9.90 Å². The summed E-state index contributed by atoms with van der Waals surface area (Å²) >= 11 is 1.63. The number of hydrogen-bond donors (Lipinski definition) is 1. The quantitative estimate of drug-likeness (QED) is 0.776. The van der Waals surface area contributed by atoms with Gasteiger partial charge < -0.3 is 5.11 Å². The fraction of sp³-hybridized carbons (Fsp3) is 0.364. The molecule has 1 N–H and O–H groups in total. The molecule has 0 radical (unpaired) electrons. The SMILES string of the molecule is CC(C)SCC(=O)c1ccc(O)cc1. The molecule has 0 fully saturated rings. The van der Waals surface area contributed by atoms with Crippen LogP contribution in [0.3, 0.4) is 0 Å². The van der Waals surface area contributed by atoms with Crippen molar-refractivity contribution in [3.05, 3.63) is 29.8 Å². The van der Waals surface area contributed by atoms with Crippen LogP contribution in [-0.2, 0) is 0 Å². The first-order valence-corrected chi connectivity index (χ1v) is 5.58. The summed E-state index contributed by atoms with van der Waals surface area (Å²) in [5.41, 5.74) is 0.663. The summed E-state index contributed by atoms with van der Waals surface area (Å²) in [6.07, 6.45) is 0. The van der Waals surface area contributed by atoms with Gasteiger partial charge in [0, 0.05) is 5.56 Å². The topological polar surface area (TPSA) is 37.3 Å². The van der Waals surface area contributed by atoms with Crippen LogP contribution < -0.4 is 0 Å². The Morgan fingerprint density at radius 3 is 2.43 bits per heavy atom. The van der Waals surface area contributed by atoms with E-state index in [1.54, 1.807) is 23.9 Å². The number of Topliss-reactive ketones (excluding diaryl/α,β-unsaturated/α-hetero) is 1. The smallest absolute Gasteiger partial charge is 0.172 e. The maximum Gasteiger partial charge on any atom is 0.172 e. The number of aromatic hydroxyl groups is 1. The van der Waals surface area contributed by atoms with Crippen molar-refractivity contribution in [2.45, 2.75) is 19.1 Å². The Morgan fingerprint density at radius 1 is 1.36 bits per heavy atom. The van der Waals surface area contributed by atoms with Gasteiger partial charge in [0.05, 0.1) is 5.75 Å². The zero-order valence-corrected chi connectivity index (χ0v) is 9.17. The highest BCUT2D eigenvalue weighted by atomic mass is 32.2. The highest BCUT2D eigenvalue weighted by Crippen LogP contribution is 2.14. The highest BCUT2D eigenvalue weighted by Gasteiger charge is 2.06. The van der Waals surface area contributed by atoms with Crippen LogP contribution in [0.25, 0.3) is 0 Å². The summed E-state index contributed by atoms with van der Waals surface area (Å²) < 4.78 is 0. The third kappa shape index (κ3) is 3.42. The van der Waals surface area contributed by atoms with Gasteiger partial charge in [-0.15, -0.1) is 0 Å². The summed E-state index contributed by atoms with van der Waals surface area (Å²) in [5, 5.41) is 9.51. The lowest BCUT2D eigenvalue weighted by molar-refractivity contribution is 0.102. The lowest BCUT2D eigenvalue weighted by Gasteiger charge is -2.03. The molecule has 0 aromatic heterocycles. The van der Waals surface area contributed by atoms with Crippen LogP contribution in [0.15, 0.2) is 24.3 Å². The first-order valence-electron chi connectivity index (χ1n) is 4.53. The number of rotatable bonds is 4. The maximum absolute atomic E-state index is 11.6. The summed E-state index contributed by atoms with van der Waals surface area (Å²) in [6.45, 7) is 4.13. The van der Waals surface area contributed by atoms with E-state index < -0.39 is 0 Å². The third-order valence-electron chi connectivity index (χ3n) is 1.74. The van der Waals surface area contributed by atoms with E-state index in [4.69, 9.17) is 5.11 Å². The zero-order chi connectivity index (χ0) is 10.6. The molecule has 2 nitrogen and oxygen atoms in total. The van der Waals surface area contributed by atoms with E-state index in [1.807, 2.05) is 0 Å². The van der Waals surface area contributed by atoms with Gasteiger partial charge in [-0.25, -0.2) is 0 Å². The first kappa shape index (κ1) is 11.1. The van der Waals surface area contributed by atoms with Crippen LogP contribution in [0.4, 0.5) is 0 Å². The Labute approximate surface area is 88.3 Å². The predicted molar refractivity (Wildman–Crippen MR) is 60.0 cm³/mol. The fourth-order valence-corrected chi connectivity index (χ4v) is 1.62. The minimum Gasteiger partial charge on any atom is -0.508 e. The van der Waals surface area contributed by atoms with Crippen LogP contribution in [0.5, 0.6) is 5.75 Å². The maximum atomic E-state index is 11.6. The lowest BCUT2D eigenvalue weighted by atomic mass is 10.1. The summed E-state index contributed by atoms with van der Waals surface area (Å²) in [4.78, 5) is 11.6. The molecular formula is C11H14O2S. The van der Waals surface area contributed by atoms with E-state index in [9.17, 15) is 4.79 Å². The molecule has 0 aliphatic heterocycles. The number of phenols is 1. The standard InChI is InChI=1S/C11H14O2S/c1-8(2)14-7-11(13)9-3-5-10(12)6-4-9/h3-6,8,12H,7H2,1-2H3. The van der Waals surface area contributed by atoms with E-state index in [-0.39, 0.29) is 11.5 Å². The number of phenolic OH excluding ortho intramolecular Hbond substituents is 1. The van der Waals surface area contributed by atoms with Gasteiger partial charge in [0.25, 0.3) is 0 Å². The molecule has 0 bridgehead atoms. The molecule has 1 aromatic carbocycles. The predicted octanol–water partition coefficient (Wildman–Crippen LogP) is 2.72. The van der Waals surface area contributed by atoms with Gasteiger partial charge in [-0.05, 0) is 29.5 Å². The average Bonchev–Trinajstić information content (AvgIpc) is 2.15. The van der Waals surface area contributed by atoms with Crippen molar-refractivity contribution in [3.63, 3.8) is 0 Å². The lowest BCUT2D eigenvalue weighted by Crippen LogP contribution is -2.04. The minimum atomic E-state index is 0.115. The molecule has 0 unspecified atom stereocenters. The molecule has 0 amide bonds.